The minimum Gasteiger partial charge on any atom is -0.312 e. The van der Waals surface area contributed by atoms with Crippen molar-refractivity contribution in [1.29, 1.82) is 0 Å². The van der Waals surface area contributed by atoms with Gasteiger partial charge in [-0.05, 0) is 30.2 Å². The summed E-state index contributed by atoms with van der Waals surface area (Å²) in [6.45, 7) is 4.29. The van der Waals surface area contributed by atoms with E-state index in [0.29, 0.717) is 38.3 Å². The van der Waals surface area contributed by atoms with Crippen molar-refractivity contribution in [3.05, 3.63) is 29.3 Å². The van der Waals surface area contributed by atoms with Crippen LogP contribution in [-0.2, 0) is 21.4 Å². The fourth-order valence-electron chi connectivity index (χ4n) is 3.55. The molecule has 1 aromatic carbocycles. The van der Waals surface area contributed by atoms with Crippen LogP contribution in [0.1, 0.15) is 22.8 Å². The molecule has 1 amide bonds. The van der Waals surface area contributed by atoms with E-state index in [2.05, 4.69) is 0 Å². The predicted molar refractivity (Wildman–Crippen MR) is 103 cm³/mol. The number of rotatable bonds is 5. The molecule has 0 atom stereocenters. The first kappa shape index (κ1) is 19.9. The number of fused-ring (bicyclic) bond motifs is 1. The number of hydrogen-bond acceptors (Lipinski definition) is 5. The molecule has 0 spiro atoms. The number of carbonyl (C=O) groups excluding carboxylic acids is 2. The van der Waals surface area contributed by atoms with Crippen LogP contribution in [0.15, 0.2) is 18.2 Å². The highest BCUT2D eigenvalue weighted by atomic mass is 32.2. The zero-order valence-electron chi connectivity index (χ0n) is 16.0. The quantitative estimate of drug-likeness (QED) is 0.667. The second-order valence-corrected chi connectivity index (χ2v) is 9.30. The third kappa shape index (κ3) is 4.06. The minimum atomic E-state index is -3.40. The Labute approximate surface area is 160 Å². The number of Topliss-reactive ketones (excluding diaryl/α,β-unsaturated/α-hetero) is 1. The van der Waals surface area contributed by atoms with Crippen molar-refractivity contribution in [2.24, 2.45) is 0 Å². The maximum atomic E-state index is 12.7. The summed E-state index contributed by atoms with van der Waals surface area (Å²) in [5.41, 5.74) is 2.56. The second kappa shape index (κ2) is 7.67. The summed E-state index contributed by atoms with van der Waals surface area (Å²) in [6, 6.07) is 5.50. The van der Waals surface area contributed by atoms with Crippen molar-refractivity contribution in [2.75, 3.05) is 58.3 Å². The zero-order chi connectivity index (χ0) is 19.8. The zero-order valence-corrected chi connectivity index (χ0v) is 16.8. The molecular weight excluding hydrogens is 368 g/mol. The van der Waals surface area contributed by atoms with Gasteiger partial charge >= 0.3 is 0 Å². The highest BCUT2D eigenvalue weighted by Crippen LogP contribution is 2.29. The van der Waals surface area contributed by atoms with Crippen molar-refractivity contribution in [3.8, 4) is 0 Å². The molecule has 148 valence electrons. The molecule has 8 nitrogen and oxygen atoms in total. The van der Waals surface area contributed by atoms with E-state index in [-0.39, 0.29) is 18.2 Å². The maximum Gasteiger partial charge on any atom is 0.281 e. The number of benzene rings is 1. The summed E-state index contributed by atoms with van der Waals surface area (Å²) in [4.78, 5) is 28.0. The van der Waals surface area contributed by atoms with Crippen LogP contribution in [0.3, 0.4) is 0 Å². The summed E-state index contributed by atoms with van der Waals surface area (Å²) in [6.07, 6.45) is 0.761. The first-order valence-electron chi connectivity index (χ1n) is 9.04. The van der Waals surface area contributed by atoms with Gasteiger partial charge in [-0.15, -0.1) is 0 Å². The molecule has 1 aromatic rings. The molecule has 0 aliphatic carbocycles. The van der Waals surface area contributed by atoms with E-state index in [0.717, 1.165) is 17.7 Å². The summed E-state index contributed by atoms with van der Waals surface area (Å²) in [7, 11) is -0.360. The van der Waals surface area contributed by atoms with Crippen LogP contribution in [-0.4, -0.2) is 87.0 Å². The third-order valence-electron chi connectivity index (χ3n) is 5.16. The Balaban J connectivity index is 1.60. The molecule has 2 aliphatic heterocycles. The van der Waals surface area contributed by atoms with Gasteiger partial charge in [0.2, 0.25) is 5.91 Å². The van der Waals surface area contributed by atoms with Crippen LogP contribution in [0.4, 0.5) is 5.69 Å². The van der Waals surface area contributed by atoms with Gasteiger partial charge in [-0.2, -0.15) is 17.0 Å². The van der Waals surface area contributed by atoms with E-state index in [4.69, 9.17) is 0 Å². The van der Waals surface area contributed by atoms with E-state index < -0.39 is 10.2 Å². The van der Waals surface area contributed by atoms with E-state index in [1.807, 2.05) is 17.0 Å². The lowest BCUT2D eigenvalue weighted by atomic mass is 10.0. The van der Waals surface area contributed by atoms with Gasteiger partial charge in [0.1, 0.15) is 0 Å². The first-order chi connectivity index (χ1) is 12.7. The van der Waals surface area contributed by atoms with Gasteiger partial charge in [0.25, 0.3) is 10.2 Å². The Morgan fingerprint density at radius 1 is 1.07 bits per heavy atom. The fourth-order valence-corrected chi connectivity index (χ4v) is 4.63. The molecule has 27 heavy (non-hydrogen) atoms. The number of nitrogens with zero attached hydrogens (tertiary/aromatic N) is 4. The van der Waals surface area contributed by atoms with Crippen molar-refractivity contribution in [3.63, 3.8) is 0 Å². The first-order valence-corrected chi connectivity index (χ1v) is 10.4. The van der Waals surface area contributed by atoms with Gasteiger partial charge in [-0.25, -0.2) is 0 Å². The van der Waals surface area contributed by atoms with Gasteiger partial charge in [0, 0.05) is 65.0 Å². The molecule has 2 aliphatic rings. The largest absolute Gasteiger partial charge is 0.312 e. The predicted octanol–water partition coefficient (Wildman–Crippen LogP) is 0.202. The smallest absolute Gasteiger partial charge is 0.281 e. The van der Waals surface area contributed by atoms with Crippen LogP contribution >= 0.6 is 0 Å². The van der Waals surface area contributed by atoms with Crippen LogP contribution in [0.5, 0.6) is 0 Å². The highest BCUT2D eigenvalue weighted by Gasteiger charge is 2.29. The normalized spacial score (nSPS) is 18.7. The summed E-state index contributed by atoms with van der Waals surface area (Å²) < 4.78 is 27.0. The number of carbonyl (C=O) groups is 2. The number of ketones is 1. The average molecular weight is 394 g/mol. The second-order valence-electron chi connectivity index (χ2n) is 7.15. The van der Waals surface area contributed by atoms with Gasteiger partial charge in [-0.3, -0.25) is 14.5 Å². The molecule has 1 saturated heterocycles. The lowest BCUT2D eigenvalue weighted by molar-refractivity contribution is -0.116. The lowest BCUT2D eigenvalue weighted by Gasteiger charge is -2.34. The average Bonchev–Trinajstić information content (AvgIpc) is 3.05. The van der Waals surface area contributed by atoms with E-state index in [1.54, 1.807) is 17.9 Å². The van der Waals surface area contributed by atoms with E-state index >= 15 is 0 Å². The summed E-state index contributed by atoms with van der Waals surface area (Å²) >= 11 is 0. The van der Waals surface area contributed by atoms with E-state index in [9.17, 15) is 18.0 Å². The Bertz CT molecular complexity index is 845. The summed E-state index contributed by atoms with van der Waals surface area (Å²) in [5.74, 6) is 0.0290. The van der Waals surface area contributed by atoms with Crippen LogP contribution in [0.2, 0.25) is 0 Å². The molecule has 0 N–H and O–H groups in total. The molecule has 3 rings (SSSR count). The van der Waals surface area contributed by atoms with Gasteiger partial charge in [0.15, 0.2) is 5.78 Å². The molecular formula is C18H26N4O4S. The van der Waals surface area contributed by atoms with Gasteiger partial charge in [-0.1, -0.05) is 0 Å². The monoisotopic (exact) mass is 394 g/mol. The minimum absolute atomic E-state index is 0.0124. The lowest BCUT2D eigenvalue weighted by Crippen LogP contribution is -2.52. The summed E-state index contributed by atoms with van der Waals surface area (Å²) in [5, 5.41) is 0. The molecule has 0 radical (unpaired) electrons. The maximum absolute atomic E-state index is 12.7. The van der Waals surface area contributed by atoms with Crippen LogP contribution in [0.25, 0.3) is 0 Å². The standard InChI is InChI=1S/C18H26N4O4S/c1-14(23)22-7-6-15-12-16(4-5-17(15)22)18(24)13-20-8-10-21(11-9-20)27(25,26)19(2)3/h4-5,12H,6-11,13H2,1-3H3. The number of anilines is 1. The van der Waals surface area contributed by atoms with Crippen molar-refractivity contribution < 1.29 is 18.0 Å². The Morgan fingerprint density at radius 2 is 1.74 bits per heavy atom. The topological polar surface area (TPSA) is 81.2 Å². The van der Waals surface area contributed by atoms with E-state index in [1.165, 1.54) is 22.7 Å². The Kier molecular flexibility index (Phi) is 5.66. The molecule has 9 heteroatoms. The van der Waals surface area contributed by atoms with Gasteiger partial charge < -0.3 is 4.90 Å². The van der Waals surface area contributed by atoms with Crippen molar-refractivity contribution in [2.45, 2.75) is 13.3 Å². The van der Waals surface area contributed by atoms with Crippen molar-refractivity contribution >= 4 is 27.6 Å². The van der Waals surface area contributed by atoms with Crippen molar-refractivity contribution in [1.82, 2.24) is 13.5 Å². The molecule has 0 aromatic heterocycles. The SMILES string of the molecule is CC(=O)N1CCc2cc(C(=O)CN3CCN(S(=O)(=O)N(C)C)CC3)ccc21. The van der Waals surface area contributed by atoms with Gasteiger partial charge in [0.05, 0.1) is 6.54 Å². The number of piperazine rings is 1. The third-order valence-corrected chi connectivity index (χ3v) is 7.10. The molecule has 0 bridgehead atoms. The van der Waals surface area contributed by atoms with Crippen LogP contribution in [0, 0.1) is 0 Å². The molecule has 0 unspecified atom stereocenters. The Hall–Kier alpha value is -1.81. The fraction of sp³-hybridized carbons (Fsp3) is 0.556. The number of amides is 1. The molecule has 1 fully saturated rings. The van der Waals surface area contributed by atoms with Crippen LogP contribution < -0.4 is 4.90 Å². The number of hydrogen-bond donors (Lipinski definition) is 0. The highest BCUT2D eigenvalue weighted by molar-refractivity contribution is 7.86. The molecule has 2 heterocycles. The Morgan fingerprint density at radius 3 is 2.33 bits per heavy atom. The molecule has 0 saturated carbocycles.